The van der Waals surface area contributed by atoms with Crippen LogP contribution in [0.3, 0.4) is 0 Å². The van der Waals surface area contributed by atoms with Gasteiger partial charge in [-0.25, -0.2) is 0 Å². The molecule has 1 aliphatic carbocycles. The Morgan fingerprint density at radius 3 is 2.69 bits per heavy atom. The summed E-state index contributed by atoms with van der Waals surface area (Å²) in [7, 11) is 0. The molecule has 0 spiro atoms. The minimum absolute atomic E-state index is 0.528. The van der Waals surface area contributed by atoms with Crippen molar-refractivity contribution < 1.29 is 0 Å². The standard InChI is InChI=1S/C16H18/c1-2-16(15-12-8-5-9-13-15)14-10-6-3-4-7-11-14/h3,5-13,16H,2,4H2,1H3. The van der Waals surface area contributed by atoms with Crippen LogP contribution in [0, 0.1) is 0 Å². The van der Waals surface area contributed by atoms with Crippen molar-refractivity contribution in [2.75, 3.05) is 0 Å². The van der Waals surface area contributed by atoms with Crippen LogP contribution in [0.15, 0.2) is 66.3 Å². The Bertz CT molecular complexity index is 407. The van der Waals surface area contributed by atoms with Crippen LogP contribution in [-0.2, 0) is 0 Å². The highest BCUT2D eigenvalue weighted by Crippen LogP contribution is 2.29. The fraction of sp³-hybridized carbons (Fsp3) is 0.250. The van der Waals surface area contributed by atoms with Gasteiger partial charge in [-0.2, -0.15) is 0 Å². The summed E-state index contributed by atoms with van der Waals surface area (Å²) >= 11 is 0. The molecule has 0 heterocycles. The van der Waals surface area contributed by atoms with Gasteiger partial charge in [0.2, 0.25) is 0 Å². The van der Waals surface area contributed by atoms with Crippen LogP contribution in [0.1, 0.15) is 31.2 Å². The number of allylic oxidation sites excluding steroid dienone is 6. The van der Waals surface area contributed by atoms with Gasteiger partial charge >= 0.3 is 0 Å². The van der Waals surface area contributed by atoms with Gasteiger partial charge in [0.05, 0.1) is 0 Å². The Balaban J connectivity index is 2.29. The first kappa shape index (κ1) is 10.9. The van der Waals surface area contributed by atoms with Crippen LogP contribution < -0.4 is 0 Å². The normalized spacial score (nSPS) is 16.7. The summed E-state index contributed by atoms with van der Waals surface area (Å²) in [5.41, 5.74) is 2.83. The van der Waals surface area contributed by atoms with Crippen molar-refractivity contribution in [3.63, 3.8) is 0 Å². The molecule has 1 aliphatic rings. The van der Waals surface area contributed by atoms with E-state index in [0.717, 1.165) is 12.8 Å². The van der Waals surface area contributed by atoms with Gasteiger partial charge in [0.25, 0.3) is 0 Å². The van der Waals surface area contributed by atoms with E-state index in [1.165, 1.54) is 11.1 Å². The van der Waals surface area contributed by atoms with E-state index in [1.807, 2.05) is 0 Å². The molecule has 1 aromatic rings. The highest BCUT2D eigenvalue weighted by atomic mass is 14.2. The Morgan fingerprint density at radius 1 is 1.12 bits per heavy atom. The van der Waals surface area contributed by atoms with Crippen LogP contribution in [0.4, 0.5) is 0 Å². The number of rotatable bonds is 3. The molecule has 0 fully saturated rings. The molecule has 1 atom stereocenters. The summed E-state index contributed by atoms with van der Waals surface area (Å²) in [6.07, 6.45) is 13.3. The van der Waals surface area contributed by atoms with E-state index in [9.17, 15) is 0 Å². The SMILES string of the molecule is CCC(C1=CC=CCC=C1)c1ccccc1. The second-order valence-electron chi connectivity index (χ2n) is 4.10. The molecule has 1 unspecified atom stereocenters. The predicted molar refractivity (Wildman–Crippen MR) is 70.5 cm³/mol. The van der Waals surface area contributed by atoms with Crippen molar-refractivity contribution >= 4 is 0 Å². The molecule has 0 bridgehead atoms. The molecule has 0 saturated carbocycles. The molecule has 0 radical (unpaired) electrons. The maximum absolute atomic E-state index is 2.27. The van der Waals surface area contributed by atoms with Crippen LogP contribution in [-0.4, -0.2) is 0 Å². The Labute approximate surface area is 98.0 Å². The fourth-order valence-corrected chi connectivity index (χ4v) is 2.18. The maximum Gasteiger partial charge on any atom is 0.00866 e. The third-order valence-electron chi connectivity index (χ3n) is 3.02. The third-order valence-corrected chi connectivity index (χ3v) is 3.02. The molecule has 0 amide bonds. The monoisotopic (exact) mass is 210 g/mol. The molecule has 82 valence electrons. The average Bonchev–Trinajstić information content (AvgIpc) is 2.61. The summed E-state index contributed by atoms with van der Waals surface area (Å²) in [5, 5.41) is 0. The van der Waals surface area contributed by atoms with E-state index in [4.69, 9.17) is 0 Å². The lowest BCUT2D eigenvalue weighted by molar-refractivity contribution is 0.776. The zero-order chi connectivity index (χ0) is 11.2. The maximum atomic E-state index is 2.27. The first-order chi connectivity index (χ1) is 7.92. The minimum atomic E-state index is 0.528. The molecule has 0 saturated heterocycles. The van der Waals surface area contributed by atoms with E-state index in [0.29, 0.717) is 5.92 Å². The summed E-state index contributed by atoms with van der Waals surface area (Å²) in [4.78, 5) is 0. The van der Waals surface area contributed by atoms with Gasteiger partial charge < -0.3 is 0 Å². The van der Waals surface area contributed by atoms with Gasteiger partial charge in [0.15, 0.2) is 0 Å². The summed E-state index contributed by atoms with van der Waals surface area (Å²) in [6, 6.07) is 10.8. The molecule has 2 rings (SSSR count). The summed E-state index contributed by atoms with van der Waals surface area (Å²) < 4.78 is 0. The summed E-state index contributed by atoms with van der Waals surface area (Å²) in [6.45, 7) is 2.25. The van der Waals surface area contributed by atoms with E-state index in [-0.39, 0.29) is 0 Å². The van der Waals surface area contributed by atoms with E-state index >= 15 is 0 Å². The average molecular weight is 210 g/mol. The van der Waals surface area contributed by atoms with Gasteiger partial charge in [-0.1, -0.05) is 67.6 Å². The van der Waals surface area contributed by atoms with Gasteiger partial charge in [-0.05, 0) is 24.0 Å². The second-order valence-corrected chi connectivity index (χ2v) is 4.10. The van der Waals surface area contributed by atoms with Gasteiger partial charge in [0, 0.05) is 5.92 Å². The quantitative estimate of drug-likeness (QED) is 0.682. The molecule has 0 aliphatic heterocycles. The van der Waals surface area contributed by atoms with Gasteiger partial charge in [0.1, 0.15) is 0 Å². The molecule has 16 heavy (non-hydrogen) atoms. The van der Waals surface area contributed by atoms with Crippen molar-refractivity contribution in [2.45, 2.75) is 25.7 Å². The predicted octanol–water partition coefficient (Wildman–Crippen LogP) is 4.62. The Morgan fingerprint density at radius 2 is 1.94 bits per heavy atom. The molecular weight excluding hydrogens is 192 g/mol. The molecule has 1 aromatic carbocycles. The first-order valence-corrected chi connectivity index (χ1v) is 6.00. The smallest absolute Gasteiger partial charge is 0.00866 e. The van der Waals surface area contributed by atoms with Gasteiger partial charge in [-0.3, -0.25) is 0 Å². The molecular formula is C16H18. The number of benzene rings is 1. The minimum Gasteiger partial charge on any atom is -0.0807 e. The van der Waals surface area contributed by atoms with E-state index < -0.39 is 0 Å². The molecule has 0 N–H and O–H groups in total. The zero-order valence-electron chi connectivity index (χ0n) is 9.77. The topological polar surface area (TPSA) is 0 Å². The largest absolute Gasteiger partial charge is 0.0807 e. The molecule has 0 nitrogen and oxygen atoms in total. The second kappa shape index (κ2) is 5.50. The van der Waals surface area contributed by atoms with Crippen molar-refractivity contribution in [1.82, 2.24) is 0 Å². The van der Waals surface area contributed by atoms with Crippen LogP contribution >= 0.6 is 0 Å². The lowest BCUT2D eigenvalue weighted by Gasteiger charge is -2.16. The molecule has 0 heteroatoms. The van der Waals surface area contributed by atoms with Gasteiger partial charge in [-0.15, -0.1) is 0 Å². The van der Waals surface area contributed by atoms with Crippen molar-refractivity contribution in [3.05, 3.63) is 71.8 Å². The number of hydrogen-bond acceptors (Lipinski definition) is 0. The lowest BCUT2D eigenvalue weighted by atomic mass is 9.88. The van der Waals surface area contributed by atoms with Crippen LogP contribution in [0.2, 0.25) is 0 Å². The third kappa shape index (κ3) is 2.52. The lowest BCUT2D eigenvalue weighted by Crippen LogP contribution is -1.99. The first-order valence-electron chi connectivity index (χ1n) is 6.00. The fourth-order valence-electron chi connectivity index (χ4n) is 2.18. The van der Waals surface area contributed by atoms with Crippen molar-refractivity contribution in [1.29, 1.82) is 0 Å². The van der Waals surface area contributed by atoms with Crippen molar-refractivity contribution in [2.24, 2.45) is 0 Å². The van der Waals surface area contributed by atoms with Crippen LogP contribution in [0.5, 0.6) is 0 Å². The van der Waals surface area contributed by atoms with Crippen LogP contribution in [0.25, 0.3) is 0 Å². The number of hydrogen-bond donors (Lipinski definition) is 0. The Hall–Kier alpha value is -1.56. The summed E-state index contributed by atoms with van der Waals surface area (Å²) in [5.74, 6) is 0.528. The highest BCUT2D eigenvalue weighted by Gasteiger charge is 2.11. The van der Waals surface area contributed by atoms with Crippen molar-refractivity contribution in [3.8, 4) is 0 Å². The Kier molecular flexibility index (Phi) is 3.76. The highest BCUT2D eigenvalue weighted by molar-refractivity contribution is 5.38. The zero-order valence-corrected chi connectivity index (χ0v) is 9.77. The van der Waals surface area contributed by atoms with E-state index in [1.54, 1.807) is 0 Å². The van der Waals surface area contributed by atoms with E-state index in [2.05, 4.69) is 67.6 Å². The molecule has 0 aromatic heterocycles.